The van der Waals surface area contributed by atoms with Gasteiger partial charge in [-0.25, -0.2) is 13.9 Å². The van der Waals surface area contributed by atoms with Crippen LogP contribution in [0.4, 0.5) is 10.1 Å². The molecule has 1 spiro atoms. The third-order valence-electron chi connectivity index (χ3n) is 10.1. The number of amides is 1. The van der Waals surface area contributed by atoms with Crippen molar-refractivity contribution >= 4 is 51.7 Å². The zero-order chi connectivity index (χ0) is 31.2. The van der Waals surface area contributed by atoms with Gasteiger partial charge in [0.25, 0.3) is 0 Å². The molecule has 45 heavy (non-hydrogen) atoms. The number of aromatic nitrogens is 2. The number of nitrogens with one attached hydrogen (secondary N) is 1. The van der Waals surface area contributed by atoms with E-state index in [0.717, 1.165) is 24.0 Å². The number of rotatable bonds is 4. The second kappa shape index (κ2) is 10.4. The van der Waals surface area contributed by atoms with Crippen LogP contribution >= 0.6 is 23.2 Å². The maximum atomic E-state index is 16.3. The van der Waals surface area contributed by atoms with E-state index in [2.05, 4.69) is 10.2 Å². The lowest BCUT2D eigenvalue weighted by Crippen LogP contribution is -2.61. The molecule has 1 saturated carbocycles. The monoisotopic (exact) mass is 648 g/mol. The summed E-state index contributed by atoms with van der Waals surface area (Å²) in [5, 5.41) is 9.42. The Balaban J connectivity index is 1.40. The Morgan fingerprint density at radius 3 is 2.78 bits per heavy atom. The molecule has 3 aliphatic heterocycles. The largest absolute Gasteiger partial charge is 0.477 e. The van der Waals surface area contributed by atoms with Gasteiger partial charge in [-0.05, 0) is 79.1 Å². The van der Waals surface area contributed by atoms with E-state index in [1.807, 2.05) is 29.8 Å². The van der Waals surface area contributed by atoms with Crippen molar-refractivity contribution in [3.63, 3.8) is 0 Å². The SMILES string of the molecule is COC(=O)c1cc2c3n(nc2cc1C)[C@@H]1[C@H](CCO3)N(CC2CC2)[C@]2(Cc3ccc(Cl)cc3NC2=O)[C@H]1c1cccc(Cl)c1F. The lowest BCUT2D eigenvalue weighted by atomic mass is 9.71. The van der Waals surface area contributed by atoms with E-state index in [-0.39, 0.29) is 17.0 Å². The average Bonchev–Trinajstić information content (AvgIpc) is 3.76. The van der Waals surface area contributed by atoms with Crippen LogP contribution in [0.15, 0.2) is 48.5 Å². The molecule has 3 aromatic carbocycles. The highest BCUT2D eigenvalue weighted by atomic mass is 35.5. The molecule has 4 atom stereocenters. The van der Waals surface area contributed by atoms with Crippen LogP contribution < -0.4 is 10.1 Å². The van der Waals surface area contributed by atoms with E-state index in [9.17, 15) is 9.59 Å². The predicted molar refractivity (Wildman–Crippen MR) is 169 cm³/mol. The molecule has 1 N–H and O–H groups in total. The van der Waals surface area contributed by atoms with Crippen LogP contribution in [0.2, 0.25) is 10.0 Å². The summed E-state index contributed by atoms with van der Waals surface area (Å²) >= 11 is 12.8. The molecule has 8 nitrogen and oxygen atoms in total. The number of ether oxygens (including phenoxy) is 2. The maximum absolute atomic E-state index is 16.3. The highest BCUT2D eigenvalue weighted by Gasteiger charge is 2.66. The van der Waals surface area contributed by atoms with Gasteiger partial charge in [-0.2, -0.15) is 5.10 Å². The molecule has 232 valence electrons. The summed E-state index contributed by atoms with van der Waals surface area (Å²) < 4.78 is 29.6. The van der Waals surface area contributed by atoms with Crippen molar-refractivity contribution < 1.29 is 23.5 Å². The Labute approximate surface area is 269 Å². The maximum Gasteiger partial charge on any atom is 0.338 e. The molecular weight excluding hydrogens is 618 g/mol. The number of hydrogen-bond donors (Lipinski definition) is 1. The third kappa shape index (κ3) is 4.31. The molecule has 0 bridgehead atoms. The molecule has 1 aromatic heterocycles. The molecule has 1 amide bonds. The summed E-state index contributed by atoms with van der Waals surface area (Å²) in [7, 11) is 1.35. The molecule has 1 aliphatic carbocycles. The van der Waals surface area contributed by atoms with Crippen LogP contribution in [-0.4, -0.2) is 58.4 Å². The van der Waals surface area contributed by atoms with E-state index < -0.39 is 29.3 Å². The van der Waals surface area contributed by atoms with Crippen LogP contribution in [0.3, 0.4) is 0 Å². The number of methoxy groups -OCH3 is 1. The van der Waals surface area contributed by atoms with Gasteiger partial charge in [0.1, 0.15) is 11.4 Å². The summed E-state index contributed by atoms with van der Waals surface area (Å²) in [6, 6.07) is 13.5. The Morgan fingerprint density at radius 2 is 2.00 bits per heavy atom. The molecule has 0 radical (unpaired) electrons. The molecule has 8 rings (SSSR count). The van der Waals surface area contributed by atoms with E-state index in [1.165, 1.54) is 13.2 Å². The van der Waals surface area contributed by atoms with Gasteiger partial charge >= 0.3 is 5.97 Å². The van der Waals surface area contributed by atoms with Crippen molar-refractivity contribution in [3.8, 4) is 5.88 Å². The molecular formula is C34H31Cl2FN4O4. The van der Waals surface area contributed by atoms with Gasteiger partial charge < -0.3 is 14.8 Å². The van der Waals surface area contributed by atoms with Crippen molar-refractivity contribution in [2.45, 2.75) is 56.1 Å². The molecule has 1 saturated heterocycles. The third-order valence-corrected chi connectivity index (χ3v) is 10.7. The van der Waals surface area contributed by atoms with Crippen molar-refractivity contribution in [1.29, 1.82) is 0 Å². The molecule has 11 heteroatoms. The lowest BCUT2D eigenvalue weighted by Gasteiger charge is -2.45. The number of esters is 1. The first-order valence-corrected chi connectivity index (χ1v) is 16.0. The summed E-state index contributed by atoms with van der Waals surface area (Å²) in [4.78, 5) is 29.7. The van der Waals surface area contributed by atoms with Crippen molar-refractivity contribution in [2.75, 3.05) is 25.6 Å². The number of halogens is 3. The summed E-state index contributed by atoms with van der Waals surface area (Å²) in [5.74, 6) is -0.944. The fourth-order valence-corrected chi connectivity index (χ4v) is 8.31. The lowest BCUT2D eigenvalue weighted by molar-refractivity contribution is -0.129. The zero-order valence-electron chi connectivity index (χ0n) is 24.8. The first kappa shape index (κ1) is 28.8. The highest BCUT2D eigenvalue weighted by molar-refractivity contribution is 6.31. The zero-order valence-corrected chi connectivity index (χ0v) is 26.3. The van der Waals surface area contributed by atoms with Crippen LogP contribution in [0.25, 0.3) is 10.9 Å². The van der Waals surface area contributed by atoms with Crippen molar-refractivity contribution in [3.05, 3.63) is 86.6 Å². The number of carbonyl (C=O) groups is 2. The number of benzene rings is 3. The number of nitrogens with zero attached hydrogens (tertiary/aromatic N) is 3. The van der Waals surface area contributed by atoms with E-state index in [4.69, 9.17) is 37.8 Å². The normalized spacial score (nSPS) is 25.7. The van der Waals surface area contributed by atoms with Crippen molar-refractivity contribution in [2.24, 2.45) is 5.92 Å². The van der Waals surface area contributed by atoms with Gasteiger partial charge in [0.2, 0.25) is 11.8 Å². The first-order chi connectivity index (χ1) is 21.7. The summed E-state index contributed by atoms with van der Waals surface area (Å²) in [6.45, 7) is 2.89. The molecule has 4 heterocycles. The minimum absolute atomic E-state index is 0.00249. The average molecular weight is 650 g/mol. The molecule has 4 aromatic rings. The van der Waals surface area contributed by atoms with E-state index in [0.29, 0.717) is 70.5 Å². The quantitative estimate of drug-likeness (QED) is 0.248. The van der Waals surface area contributed by atoms with E-state index in [1.54, 1.807) is 24.3 Å². The summed E-state index contributed by atoms with van der Waals surface area (Å²) in [6.07, 6.45) is 3.12. The van der Waals surface area contributed by atoms with Crippen LogP contribution in [-0.2, 0) is 16.0 Å². The number of likely N-dealkylation sites (tertiary alicyclic amines) is 1. The fraction of sp³-hybridized carbons (Fsp3) is 0.382. The molecule has 2 fully saturated rings. The number of carbonyl (C=O) groups excluding carboxylic acids is 2. The Kier molecular flexibility index (Phi) is 6.68. The number of hydrogen-bond acceptors (Lipinski definition) is 6. The van der Waals surface area contributed by atoms with Gasteiger partial charge in [0.05, 0.1) is 41.2 Å². The van der Waals surface area contributed by atoms with E-state index >= 15 is 4.39 Å². The van der Waals surface area contributed by atoms with Crippen LogP contribution in [0.5, 0.6) is 5.88 Å². The van der Waals surface area contributed by atoms with Crippen LogP contribution in [0, 0.1) is 18.7 Å². The fourth-order valence-electron chi connectivity index (χ4n) is 7.96. The summed E-state index contributed by atoms with van der Waals surface area (Å²) in [5.41, 5.74) is 2.60. The first-order valence-electron chi connectivity index (χ1n) is 15.3. The molecule has 4 aliphatic rings. The van der Waals surface area contributed by atoms with Gasteiger partial charge in [0, 0.05) is 35.6 Å². The number of aryl methyl sites for hydroxylation is 1. The second-order valence-corrected chi connectivity index (χ2v) is 13.5. The van der Waals surface area contributed by atoms with Gasteiger partial charge in [-0.3, -0.25) is 9.69 Å². The minimum Gasteiger partial charge on any atom is -0.477 e. The van der Waals surface area contributed by atoms with Gasteiger partial charge in [-0.1, -0.05) is 41.4 Å². The predicted octanol–water partition coefficient (Wildman–Crippen LogP) is 6.71. The van der Waals surface area contributed by atoms with Crippen molar-refractivity contribution in [1.82, 2.24) is 14.7 Å². The standard InChI is InChI=1S/C34H31Cl2FN4O4/c1-17-12-26-23(14-22(17)32(42)44-2)31-41(39-26)30-27(10-11-45-31)40(16-18-6-7-18)34(28(30)21-4-3-5-24(36)29(21)37)15-19-8-9-20(35)13-25(19)38-33(34)43/h3-5,8-9,12-14,18,27-28,30H,6-7,10-11,15-16H2,1-2H3,(H,38,43)/t27-,28-,30+,34+/m0/s1. The number of anilines is 1. The molecule has 0 unspecified atom stereocenters. The Morgan fingerprint density at radius 1 is 1.18 bits per heavy atom. The van der Waals surface area contributed by atoms with Gasteiger partial charge in [-0.15, -0.1) is 0 Å². The topological polar surface area (TPSA) is 85.7 Å². The Bertz CT molecular complexity index is 1910. The number of fused-ring (bicyclic) bond motifs is 6. The van der Waals surface area contributed by atoms with Gasteiger partial charge in [0.15, 0.2) is 0 Å². The highest BCUT2D eigenvalue weighted by Crippen LogP contribution is 2.59. The van der Waals surface area contributed by atoms with Crippen LogP contribution in [0.1, 0.15) is 58.3 Å². The minimum atomic E-state index is -1.15. The second-order valence-electron chi connectivity index (χ2n) is 12.7. The smallest absolute Gasteiger partial charge is 0.338 e. The Hall–Kier alpha value is -3.66.